The first-order valence-corrected chi connectivity index (χ1v) is 9.10. The van der Waals surface area contributed by atoms with Crippen LogP contribution in [0.4, 0.5) is 0 Å². The van der Waals surface area contributed by atoms with Gasteiger partial charge in [-0.1, -0.05) is 35.9 Å². The Labute approximate surface area is 129 Å². The molecular formula is C14H12INO3S. The average molecular weight is 401 g/mol. The van der Waals surface area contributed by atoms with Gasteiger partial charge in [-0.25, -0.2) is 8.42 Å². The van der Waals surface area contributed by atoms with Gasteiger partial charge in [0.2, 0.25) is 3.57 Å². The molecule has 0 atom stereocenters. The first-order valence-electron chi connectivity index (χ1n) is 5.54. The number of halogens is 1. The number of hydrogen-bond acceptors (Lipinski definition) is 4. The van der Waals surface area contributed by atoms with E-state index in [1.807, 2.05) is 37.3 Å². The van der Waals surface area contributed by atoms with E-state index in [1.54, 1.807) is 12.1 Å². The van der Waals surface area contributed by atoms with Crippen LogP contribution in [0.5, 0.6) is 0 Å². The summed E-state index contributed by atoms with van der Waals surface area (Å²) in [5, 5.41) is 8.32. The molecule has 0 aliphatic heterocycles. The highest BCUT2D eigenvalue weighted by atomic mass is 127. The summed E-state index contributed by atoms with van der Waals surface area (Å²) in [6.07, 6.45) is 0. The third-order valence-electron chi connectivity index (χ3n) is 2.19. The maximum absolute atomic E-state index is 10.4. The van der Waals surface area contributed by atoms with Crippen molar-refractivity contribution in [3.8, 4) is 4.08 Å². The van der Waals surface area contributed by atoms with Crippen LogP contribution >= 0.6 is 0 Å². The molecule has 0 amide bonds. The summed E-state index contributed by atoms with van der Waals surface area (Å²) in [6.45, 7) is 1.82. The van der Waals surface area contributed by atoms with Crippen molar-refractivity contribution < 1.29 is 34.2 Å². The van der Waals surface area contributed by atoms with Crippen molar-refractivity contribution >= 4 is 10.1 Å². The SMILES string of the molecule is Cc1ccc(S(=O)(=O)[O-])cc1.N#C[I+]c1ccccc1. The molecule has 0 radical (unpaired) electrons. The van der Waals surface area contributed by atoms with Crippen LogP contribution in [0.3, 0.4) is 0 Å². The lowest BCUT2D eigenvalue weighted by Crippen LogP contribution is -3.59. The fraction of sp³-hybridized carbons (Fsp3) is 0.0714. The van der Waals surface area contributed by atoms with Crippen LogP contribution in [0, 0.1) is 19.8 Å². The second kappa shape index (κ2) is 7.99. The van der Waals surface area contributed by atoms with Gasteiger partial charge in [0.1, 0.15) is 10.1 Å². The van der Waals surface area contributed by atoms with Gasteiger partial charge in [-0.05, 0) is 31.2 Å². The Bertz CT molecular complexity index is 677. The average Bonchev–Trinajstić information content (AvgIpc) is 2.40. The van der Waals surface area contributed by atoms with Crippen LogP contribution < -0.4 is 21.2 Å². The van der Waals surface area contributed by atoms with Gasteiger partial charge in [-0.3, -0.25) is 0 Å². The van der Waals surface area contributed by atoms with Gasteiger partial charge in [0.25, 0.3) is 0 Å². The van der Waals surface area contributed by atoms with E-state index in [1.165, 1.54) is 15.7 Å². The molecule has 0 saturated heterocycles. The molecule has 0 aliphatic rings. The van der Waals surface area contributed by atoms with Crippen LogP contribution in [-0.2, 0) is 10.1 Å². The summed E-state index contributed by atoms with van der Waals surface area (Å²) in [6, 6.07) is 15.7. The number of nitriles is 1. The van der Waals surface area contributed by atoms with E-state index in [0.29, 0.717) is 0 Å². The smallest absolute Gasteiger partial charge is 0.449 e. The minimum absolute atomic E-state index is 0.178. The molecule has 0 N–H and O–H groups in total. The van der Waals surface area contributed by atoms with Crippen molar-refractivity contribution in [1.29, 1.82) is 5.26 Å². The van der Waals surface area contributed by atoms with Crippen LogP contribution in [0.15, 0.2) is 59.5 Å². The third kappa shape index (κ3) is 6.14. The molecule has 0 aliphatic carbocycles. The Morgan fingerprint density at radius 3 is 2.05 bits per heavy atom. The Morgan fingerprint density at radius 1 is 1.05 bits per heavy atom. The normalized spacial score (nSPS) is 10.1. The van der Waals surface area contributed by atoms with Crippen molar-refractivity contribution in [1.82, 2.24) is 0 Å². The maximum atomic E-state index is 10.4. The molecule has 2 aromatic rings. The predicted molar refractivity (Wildman–Crippen MR) is 69.9 cm³/mol. The molecule has 0 saturated carbocycles. The van der Waals surface area contributed by atoms with Crippen molar-refractivity contribution in [2.75, 3.05) is 0 Å². The van der Waals surface area contributed by atoms with E-state index in [0.717, 1.165) is 5.56 Å². The van der Waals surface area contributed by atoms with Gasteiger partial charge < -0.3 is 4.55 Å². The highest BCUT2D eigenvalue weighted by Crippen LogP contribution is 2.08. The minimum Gasteiger partial charge on any atom is -0.744 e. The first kappa shape index (κ1) is 16.6. The summed E-state index contributed by atoms with van der Waals surface area (Å²) in [5.74, 6) is 0. The second-order valence-electron chi connectivity index (χ2n) is 3.74. The minimum atomic E-state index is -4.27. The summed E-state index contributed by atoms with van der Waals surface area (Å²) in [7, 11) is -4.27. The van der Waals surface area contributed by atoms with Crippen LogP contribution in [-0.4, -0.2) is 13.0 Å². The Balaban J connectivity index is 0.000000204. The molecule has 20 heavy (non-hydrogen) atoms. The van der Waals surface area contributed by atoms with Gasteiger partial charge in [0, 0.05) is 0 Å². The number of benzene rings is 2. The second-order valence-corrected chi connectivity index (χ2v) is 7.39. The predicted octanol–water partition coefficient (Wildman–Crippen LogP) is -0.675. The molecule has 0 fully saturated rings. The van der Waals surface area contributed by atoms with E-state index < -0.39 is 10.1 Å². The Morgan fingerprint density at radius 2 is 1.60 bits per heavy atom. The molecule has 104 valence electrons. The van der Waals surface area contributed by atoms with Gasteiger partial charge in [-0.15, -0.1) is 5.26 Å². The zero-order valence-corrected chi connectivity index (χ0v) is 13.6. The van der Waals surface area contributed by atoms with Crippen LogP contribution in [0.1, 0.15) is 5.56 Å². The van der Waals surface area contributed by atoms with Crippen molar-refractivity contribution in [3.63, 3.8) is 0 Å². The molecule has 0 aromatic heterocycles. The van der Waals surface area contributed by atoms with Crippen molar-refractivity contribution in [2.45, 2.75) is 11.8 Å². The van der Waals surface area contributed by atoms with E-state index in [9.17, 15) is 13.0 Å². The fourth-order valence-corrected chi connectivity index (χ4v) is 2.75. The Hall–Kier alpha value is -1.43. The molecule has 0 heterocycles. The lowest BCUT2D eigenvalue weighted by atomic mass is 10.2. The van der Waals surface area contributed by atoms with Gasteiger partial charge >= 0.3 is 25.3 Å². The van der Waals surface area contributed by atoms with Gasteiger partial charge in [0.15, 0.2) is 0 Å². The zero-order chi connectivity index (χ0) is 15.0. The third-order valence-corrected chi connectivity index (χ3v) is 4.63. The van der Waals surface area contributed by atoms with Crippen LogP contribution in [0.25, 0.3) is 0 Å². The summed E-state index contributed by atoms with van der Waals surface area (Å²) < 4.78 is 34.6. The zero-order valence-electron chi connectivity index (χ0n) is 10.7. The lowest BCUT2D eigenvalue weighted by Gasteiger charge is -2.05. The number of rotatable bonds is 2. The largest absolute Gasteiger partial charge is 0.744 e. The topological polar surface area (TPSA) is 81.0 Å². The fourth-order valence-electron chi connectivity index (χ4n) is 1.23. The standard InChI is InChI=1S/C7H5IN.C7H8O3S/c9-6-8-7-4-2-1-3-5-7;1-6-2-4-7(5-3-6)11(8,9)10/h1-5H;2-5H,1H3,(H,8,9,10)/q+1;/p-1. The maximum Gasteiger partial charge on any atom is 0.449 e. The lowest BCUT2D eigenvalue weighted by molar-refractivity contribution is -0.538. The highest BCUT2D eigenvalue weighted by Gasteiger charge is 2.07. The van der Waals surface area contributed by atoms with Crippen molar-refractivity contribution in [2.24, 2.45) is 0 Å². The summed E-state index contributed by atoms with van der Waals surface area (Å²) >= 11 is -0.365. The van der Waals surface area contributed by atoms with Gasteiger partial charge in [0.05, 0.1) is 4.90 Å². The number of aryl methyl sites for hydroxylation is 1. The number of nitrogens with zero attached hydrogens (tertiary/aromatic N) is 1. The van der Waals surface area contributed by atoms with E-state index in [-0.39, 0.29) is 26.1 Å². The van der Waals surface area contributed by atoms with Crippen LogP contribution in [0.2, 0.25) is 0 Å². The summed E-state index contributed by atoms with van der Waals surface area (Å²) in [5.41, 5.74) is 0.928. The van der Waals surface area contributed by atoms with E-state index >= 15 is 0 Å². The van der Waals surface area contributed by atoms with Gasteiger partial charge in [-0.2, -0.15) is 0 Å². The Kier molecular flexibility index (Phi) is 6.64. The molecule has 0 spiro atoms. The van der Waals surface area contributed by atoms with E-state index in [2.05, 4.69) is 4.08 Å². The van der Waals surface area contributed by atoms with Crippen molar-refractivity contribution in [3.05, 3.63) is 63.7 Å². The van der Waals surface area contributed by atoms with E-state index in [4.69, 9.17) is 5.26 Å². The number of hydrogen-bond donors (Lipinski definition) is 0. The molecule has 2 rings (SSSR count). The molecule has 0 bridgehead atoms. The molecule has 2 aromatic carbocycles. The first-order chi connectivity index (χ1) is 9.43. The molecule has 6 heteroatoms. The molecule has 0 unspecified atom stereocenters. The summed E-state index contributed by atoms with van der Waals surface area (Å²) in [4.78, 5) is -0.178. The quantitative estimate of drug-likeness (QED) is 0.494. The molecular weight excluding hydrogens is 389 g/mol. The highest BCUT2D eigenvalue weighted by molar-refractivity contribution is 7.85. The molecule has 4 nitrogen and oxygen atoms in total. The monoisotopic (exact) mass is 401 g/mol.